The van der Waals surface area contributed by atoms with E-state index in [2.05, 4.69) is 15.0 Å². The summed E-state index contributed by atoms with van der Waals surface area (Å²) < 4.78 is 1.89. The quantitative estimate of drug-likeness (QED) is 0.760. The molecule has 3 aromatic rings. The lowest BCUT2D eigenvalue weighted by Crippen LogP contribution is -2.16. The van der Waals surface area contributed by atoms with Crippen LogP contribution in [0.4, 0.5) is 0 Å². The highest BCUT2D eigenvalue weighted by atomic mass is 32.1. The van der Waals surface area contributed by atoms with E-state index in [1.807, 2.05) is 24.6 Å². The number of nitrogens with zero attached hydrogens (tertiary/aromatic N) is 3. The fraction of sp³-hybridized carbons (Fsp3) is 0.308. The van der Waals surface area contributed by atoms with Gasteiger partial charge in [-0.1, -0.05) is 0 Å². The molecule has 0 aliphatic heterocycles. The molecule has 20 heavy (non-hydrogen) atoms. The fourth-order valence-corrected chi connectivity index (χ4v) is 3.26. The smallest absolute Gasteiger partial charge is 0.259 e. The zero-order valence-electron chi connectivity index (χ0n) is 11.3. The summed E-state index contributed by atoms with van der Waals surface area (Å²) in [5.74, 6) is 1.39. The van der Waals surface area contributed by atoms with Gasteiger partial charge in [-0.3, -0.25) is 4.79 Å². The number of imidazole rings is 1. The van der Waals surface area contributed by atoms with Crippen molar-refractivity contribution in [3.8, 4) is 0 Å². The number of nitrogens with one attached hydrogen (secondary N) is 1. The second kappa shape index (κ2) is 4.84. The normalized spacial score (nSPS) is 11.3. The van der Waals surface area contributed by atoms with Crippen molar-refractivity contribution in [3.05, 3.63) is 44.8 Å². The second-order valence-electron chi connectivity index (χ2n) is 4.65. The van der Waals surface area contributed by atoms with Gasteiger partial charge in [0.25, 0.3) is 5.56 Å². The molecule has 6 nitrogen and oxygen atoms in total. The van der Waals surface area contributed by atoms with E-state index in [-0.39, 0.29) is 5.56 Å². The van der Waals surface area contributed by atoms with Crippen LogP contribution in [0.5, 0.6) is 0 Å². The highest BCUT2D eigenvalue weighted by Gasteiger charge is 2.12. The molecule has 0 aliphatic carbocycles. The van der Waals surface area contributed by atoms with Crippen molar-refractivity contribution < 1.29 is 0 Å². The molecule has 0 radical (unpaired) electrons. The van der Waals surface area contributed by atoms with Crippen molar-refractivity contribution >= 4 is 21.6 Å². The first-order chi connectivity index (χ1) is 9.60. The summed E-state index contributed by atoms with van der Waals surface area (Å²) in [4.78, 5) is 25.6. The van der Waals surface area contributed by atoms with E-state index in [1.165, 1.54) is 0 Å². The number of aromatic amines is 1. The predicted molar refractivity (Wildman–Crippen MR) is 78.9 cm³/mol. The number of thiophene rings is 1. The van der Waals surface area contributed by atoms with Gasteiger partial charge in [-0.15, -0.1) is 11.3 Å². The van der Waals surface area contributed by atoms with Gasteiger partial charge in [0.1, 0.15) is 16.5 Å². The number of aryl methyl sites for hydroxylation is 2. The van der Waals surface area contributed by atoms with Gasteiger partial charge in [-0.05, 0) is 19.4 Å². The number of hydrogen-bond donors (Lipinski definition) is 2. The molecule has 0 saturated carbocycles. The molecule has 0 saturated heterocycles. The van der Waals surface area contributed by atoms with Crippen LogP contribution in [0.25, 0.3) is 10.2 Å². The molecule has 0 aliphatic rings. The lowest BCUT2D eigenvalue weighted by atomic mass is 10.2. The predicted octanol–water partition coefficient (Wildman–Crippen LogP) is 1.30. The Morgan fingerprint density at radius 2 is 2.25 bits per heavy atom. The maximum Gasteiger partial charge on any atom is 0.259 e. The maximum atomic E-state index is 12.2. The topological polar surface area (TPSA) is 89.6 Å². The van der Waals surface area contributed by atoms with Gasteiger partial charge >= 0.3 is 0 Å². The van der Waals surface area contributed by atoms with Gasteiger partial charge in [-0.25, -0.2) is 9.97 Å². The molecule has 0 spiro atoms. The van der Waals surface area contributed by atoms with Crippen LogP contribution in [0.3, 0.4) is 0 Å². The summed E-state index contributed by atoms with van der Waals surface area (Å²) >= 11 is 1.55. The fourth-order valence-electron chi connectivity index (χ4n) is 2.21. The molecular formula is C13H15N5OS. The Kier molecular flexibility index (Phi) is 3.15. The third-order valence-corrected chi connectivity index (χ3v) is 4.49. The van der Waals surface area contributed by atoms with E-state index in [0.717, 1.165) is 21.1 Å². The molecule has 0 fully saturated rings. The van der Waals surface area contributed by atoms with E-state index < -0.39 is 0 Å². The summed E-state index contributed by atoms with van der Waals surface area (Å²) in [6.07, 6.45) is 3.52. The zero-order chi connectivity index (χ0) is 14.3. The molecule has 0 bridgehead atoms. The van der Waals surface area contributed by atoms with Crippen LogP contribution in [-0.2, 0) is 13.1 Å². The average Bonchev–Trinajstić information content (AvgIpc) is 2.95. The van der Waals surface area contributed by atoms with Crippen LogP contribution in [0.2, 0.25) is 0 Å². The Morgan fingerprint density at radius 1 is 1.45 bits per heavy atom. The summed E-state index contributed by atoms with van der Waals surface area (Å²) in [7, 11) is 0. The highest BCUT2D eigenvalue weighted by Crippen LogP contribution is 2.25. The Balaban J connectivity index is 2.07. The number of aromatic nitrogens is 4. The molecule has 7 heteroatoms. The molecule has 104 valence electrons. The number of nitrogens with two attached hydrogens (primary N) is 1. The van der Waals surface area contributed by atoms with E-state index in [9.17, 15) is 4.79 Å². The number of rotatable bonds is 3. The van der Waals surface area contributed by atoms with Gasteiger partial charge in [-0.2, -0.15) is 0 Å². The minimum absolute atomic E-state index is 0.0822. The van der Waals surface area contributed by atoms with Gasteiger partial charge in [0.15, 0.2) is 0 Å². The van der Waals surface area contributed by atoms with Crippen LogP contribution >= 0.6 is 11.3 Å². The lowest BCUT2D eigenvalue weighted by Gasteiger charge is -2.05. The minimum atomic E-state index is -0.0822. The molecule has 3 aromatic heterocycles. The maximum absolute atomic E-state index is 12.2. The van der Waals surface area contributed by atoms with Gasteiger partial charge in [0.05, 0.1) is 18.5 Å². The molecule has 0 aromatic carbocycles. The van der Waals surface area contributed by atoms with Gasteiger partial charge < -0.3 is 15.3 Å². The first-order valence-corrected chi connectivity index (χ1v) is 7.10. The van der Waals surface area contributed by atoms with Crippen LogP contribution in [-0.4, -0.2) is 19.5 Å². The molecule has 3 heterocycles. The van der Waals surface area contributed by atoms with Crippen LogP contribution < -0.4 is 11.3 Å². The molecule has 3 rings (SSSR count). The largest absolute Gasteiger partial charge is 0.326 e. The SMILES string of the molecule is Cc1sc2nc(Cn3ccnc3CN)[nH]c(=O)c2c1C. The third kappa shape index (κ3) is 2.04. The third-order valence-electron chi connectivity index (χ3n) is 3.39. The van der Waals surface area contributed by atoms with E-state index in [0.29, 0.717) is 24.3 Å². The Morgan fingerprint density at radius 3 is 3.00 bits per heavy atom. The number of H-pyrrole nitrogens is 1. The molecular weight excluding hydrogens is 274 g/mol. The van der Waals surface area contributed by atoms with Crippen molar-refractivity contribution in [2.45, 2.75) is 26.9 Å². The first-order valence-electron chi connectivity index (χ1n) is 6.29. The average molecular weight is 289 g/mol. The van der Waals surface area contributed by atoms with Crippen molar-refractivity contribution in [1.29, 1.82) is 0 Å². The first kappa shape index (κ1) is 13.0. The van der Waals surface area contributed by atoms with Crippen molar-refractivity contribution in [2.24, 2.45) is 5.73 Å². The molecule has 3 N–H and O–H groups in total. The molecule has 0 amide bonds. The Bertz CT molecular complexity index is 829. The number of fused-ring (bicyclic) bond motifs is 1. The highest BCUT2D eigenvalue weighted by molar-refractivity contribution is 7.18. The second-order valence-corrected chi connectivity index (χ2v) is 5.85. The van der Waals surface area contributed by atoms with Gasteiger partial charge in [0.2, 0.25) is 0 Å². The standard InChI is InChI=1S/C13H15N5OS/c1-7-8(2)20-13-11(7)12(19)16-9(17-13)6-18-4-3-15-10(18)5-14/h3-4H,5-6,14H2,1-2H3,(H,16,17,19). The van der Waals surface area contributed by atoms with Crippen LogP contribution in [0, 0.1) is 13.8 Å². The molecule has 0 unspecified atom stereocenters. The molecule has 0 atom stereocenters. The van der Waals surface area contributed by atoms with Crippen molar-refractivity contribution in [3.63, 3.8) is 0 Å². The van der Waals surface area contributed by atoms with E-state index in [1.54, 1.807) is 17.5 Å². The monoisotopic (exact) mass is 289 g/mol. The summed E-state index contributed by atoms with van der Waals surface area (Å²) in [5.41, 5.74) is 6.55. The van der Waals surface area contributed by atoms with Crippen molar-refractivity contribution in [2.75, 3.05) is 0 Å². The van der Waals surface area contributed by atoms with E-state index in [4.69, 9.17) is 5.73 Å². The van der Waals surface area contributed by atoms with E-state index >= 15 is 0 Å². The zero-order valence-corrected chi connectivity index (χ0v) is 12.1. The lowest BCUT2D eigenvalue weighted by molar-refractivity contribution is 0.692. The van der Waals surface area contributed by atoms with Gasteiger partial charge in [0, 0.05) is 17.3 Å². The van der Waals surface area contributed by atoms with Crippen LogP contribution in [0.15, 0.2) is 17.2 Å². The van der Waals surface area contributed by atoms with Crippen LogP contribution in [0.1, 0.15) is 22.1 Å². The summed E-state index contributed by atoms with van der Waals surface area (Å²) in [6.45, 7) is 4.78. The Labute approximate surface area is 119 Å². The minimum Gasteiger partial charge on any atom is -0.326 e. The van der Waals surface area contributed by atoms with Crippen molar-refractivity contribution in [1.82, 2.24) is 19.5 Å². The Hall–Kier alpha value is -1.99. The summed E-state index contributed by atoms with van der Waals surface area (Å²) in [6, 6.07) is 0. The number of hydrogen-bond acceptors (Lipinski definition) is 5. The summed E-state index contributed by atoms with van der Waals surface area (Å²) in [5, 5.41) is 0.695.